The molecule has 0 amide bonds. The van der Waals surface area contributed by atoms with Crippen LogP contribution in [0, 0.1) is 18.6 Å². The molecule has 2 aromatic rings. The molecule has 1 aromatic heterocycles. The molecule has 26 heavy (non-hydrogen) atoms. The van der Waals surface area contributed by atoms with E-state index in [2.05, 4.69) is 15.3 Å². The van der Waals surface area contributed by atoms with Crippen molar-refractivity contribution < 1.29 is 17.2 Å². The second-order valence-corrected chi connectivity index (χ2v) is 8.48. The first kappa shape index (κ1) is 18.5. The standard InChI is InChI=1S/C17H20F2N4O2S/c1-3-23(13-6-7-26(24,25)10-13)17-9-16(20-11(2)21-17)22-15-5-4-12(18)8-14(15)19/h4-5,8-9,13H,3,6-7,10H2,1-2H3,(H,20,21,22). The van der Waals surface area contributed by atoms with Crippen molar-refractivity contribution in [3.63, 3.8) is 0 Å². The summed E-state index contributed by atoms with van der Waals surface area (Å²) in [7, 11) is -3.02. The fourth-order valence-electron chi connectivity index (χ4n) is 3.12. The lowest BCUT2D eigenvalue weighted by molar-refractivity contribution is 0.586. The van der Waals surface area contributed by atoms with E-state index in [0.717, 1.165) is 12.1 Å². The molecular formula is C17H20F2N4O2S. The van der Waals surface area contributed by atoms with Crippen LogP contribution in [0.15, 0.2) is 24.3 Å². The molecule has 3 rings (SSSR count). The summed E-state index contributed by atoms with van der Waals surface area (Å²) in [5.41, 5.74) is 0.0990. The second kappa shape index (κ2) is 7.14. The molecule has 1 fully saturated rings. The Hall–Kier alpha value is -2.29. The van der Waals surface area contributed by atoms with E-state index in [1.807, 2.05) is 11.8 Å². The zero-order chi connectivity index (χ0) is 18.9. The molecule has 1 aromatic carbocycles. The molecule has 9 heteroatoms. The average Bonchev–Trinajstić information content (AvgIpc) is 2.90. The van der Waals surface area contributed by atoms with Crippen LogP contribution in [0.1, 0.15) is 19.2 Å². The lowest BCUT2D eigenvalue weighted by Gasteiger charge is -2.28. The van der Waals surface area contributed by atoms with Crippen LogP contribution in [0.3, 0.4) is 0 Å². The number of sulfone groups is 1. The fraction of sp³-hybridized carbons (Fsp3) is 0.412. The number of rotatable bonds is 5. The number of hydrogen-bond donors (Lipinski definition) is 1. The van der Waals surface area contributed by atoms with Crippen LogP contribution in [0.5, 0.6) is 0 Å². The topological polar surface area (TPSA) is 75.2 Å². The lowest BCUT2D eigenvalue weighted by Crippen LogP contribution is -2.37. The van der Waals surface area contributed by atoms with Crippen LogP contribution in [0.4, 0.5) is 26.1 Å². The highest BCUT2D eigenvalue weighted by Crippen LogP contribution is 2.26. The Morgan fingerprint density at radius 2 is 2.04 bits per heavy atom. The lowest BCUT2D eigenvalue weighted by atomic mass is 10.2. The number of anilines is 3. The number of aromatic nitrogens is 2. The third-order valence-corrected chi connectivity index (χ3v) is 6.05. The van der Waals surface area contributed by atoms with Crippen LogP contribution in [0.25, 0.3) is 0 Å². The van der Waals surface area contributed by atoms with Crippen molar-refractivity contribution in [2.45, 2.75) is 26.3 Å². The highest BCUT2D eigenvalue weighted by atomic mass is 32.2. The number of benzene rings is 1. The van der Waals surface area contributed by atoms with Crippen molar-refractivity contribution >= 4 is 27.2 Å². The van der Waals surface area contributed by atoms with E-state index >= 15 is 0 Å². The molecule has 1 N–H and O–H groups in total. The van der Waals surface area contributed by atoms with Gasteiger partial charge >= 0.3 is 0 Å². The molecule has 0 spiro atoms. The van der Waals surface area contributed by atoms with Crippen molar-refractivity contribution in [1.82, 2.24) is 9.97 Å². The monoisotopic (exact) mass is 382 g/mol. The molecule has 0 aliphatic carbocycles. The van der Waals surface area contributed by atoms with E-state index in [-0.39, 0.29) is 23.2 Å². The number of nitrogens with zero attached hydrogens (tertiary/aromatic N) is 3. The minimum atomic E-state index is -3.02. The molecule has 2 heterocycles. The third-order valence-electron chi connectivity index (χ3n) is 4.30. The first-order valence-corrected chi connectivity index (χ1v) is 10.1. The molecule has 1 atom stereocenters. The van der Waals surface area contributed by atoms with Crippen LogP contribution in [-0.2, 0) is 9.84 Å². The summed E-state index contributed by atoms with van der Waals surface area (Å²) in [5, 5.41) is 2.83. The van der Waals surface area contributed by atoms with Crippen molar-refractivity contribution in [2.75, 3.05) is 28.3 Å². The van der Waals surface area contributed by atoms with Crippen LogP contribution in [0.2, 0.25) is 0 Å². The summed E-state index contributed by atoms with van der Waals surface area (Å²) in [6.07, 6.45) is 0.550. The Morgan fingerprint density at radius 1 is 1.27 bits per heavy atom. The van der Waals surface area contributed by atoms with Gasteiger partial charge in [-0.1, -0.05) is 0 Å². The molecule has 0 radical (unpaired) electrons. The molecular weight excluding hydrogens is 362 g/mol. The maximum absolute atomic E-state index is 13.9. The van der Waals surface area contributed by atoms with E-state index in [4.69, 9.17) is 0 Å². The Labute approximate surface area is 151 Å². The fourth-order valence-corrected chi connectivity index (χ4v) is 4.85. The van der Waals surface area contributed by atoms with E-state index < -0.39 is 21.5 Å². The van der Waals surface area contributed by atoms with E-state index in [1.165, 1.54) is 6.07 Å². The van der Waals surface area contributed by atoms with Crippen LogP contribution < -0.4 is 10.2 Å². The second-order valence-electron chi connectivity index (χ2n) is 6.25. The van der Waals surface area contributed by atoms with Crippen molar-refractivity contribution in [2.24, 2.45) is 0 Å². The van der Waals surface area contributed by atoms with Gasteiger partial charge in [0.25, 0.3) is 0 Å². The molecule has 0 bridgehead atoms. The highest BCUT2D eigenvalue weighted by Gasteiger charge is 2.32. The van der Waals surface area contributed by atoms with Crippen molar-refractivity contribution in [3.8, 4) is 0 Å². The predicted molar refractivity (Wildman–Crippen MR) is 96.5 cm³/mol. The molecule has 6 nitrogen and oxygen atoms in total. The van der Waals surface area contributed by atoms with E-state index in [0.29, 0.717) is 30.4 Å². The first-order chi connectivity index (χ1) is 12.3. The molecule has 0 saturated carbocycles. The number of aryl methyl sites for hydroxylation is 1. The Morgan fingerprint density at radius 3 is 2.65 bits per heavy atom. The zero-order valence-electron chi connectivity index (χ0n) is 14.5. The minimum Gasteiger partial charge on any atom is -0.353 e. The summed E-state index contributed by atoms with van der Waals surface area (Å²) in [5.74, 6) is 0.282. The maximum atomic E-state index is 13.9. The number of nitrogens with one attached hydrogen (secondary N) is 1. The summed E-state index contributed by atoms with van der Waals surface area (Å²) < 4.78 is 50.5. The van der Waals surface area contributed by atoms with Crippen molar-refractivity contribution in [3.05, 3.63) is 41.7 Å². The smallest absolute Gasteiger partial charge is 0.152 e. The van der Waals surface area contributed by atoms with Gasteiger partial charge in [0.15, 0.2) is 9.84 Å². The van der Waals surface area contributed by atoms with Gasteiger partial charge in [-0.15, -0.1) is 0 Å². The quantitative estimate of drug-likeness (QED) is 0.857. The predicted octanol–water partition coefficient (Wildman–Crippen LogP) is 2.82. The average molecular weight is 382 g/mol. The van der Waals surface area contributed by atoms with Gasteiger partial charge in [0.2, 0.25) is 0 Å². The maximum Gasteiger partial charge on any atom is 0.152 e. The highest BCUT2D eigenvalue weighted by molar-refractivity contribution is 7.91. The third kappa shape index (κ3) is 4.09. The normalized spacial score (nSPS) is 18.7. The summed E-state index contributed by atoms with van der Waals surface area (Å²) >= 11 is 0. The van der Waals surface area contributed by atoms with Gasteiger partial charge in [-0.25, -0.2) is 27.2 Å². The van der Waals surface area contributed by atoms with Crippen LogP contribution >= 0.6 is 0 Å². The van der Waals surface area contributed by atoms with Crippen LogP contribution in [-0.4, -0.2) is 42.5 Å². The van der Waals surface area contributed by atoms with E-state index in [9.17, 15) is 17.2 Å². The van der Waals surface area contributed by atoms with Gasteiger partial charge in [-0.2, -0.15) is 0 Å². The van der Waals surface area contributed by atoms with Crippen molar-refractivity contribution in [1.29, 1.82) is 0 Å². The summed E-state index contributed by atoms with van der Waals surface area (Å²) in [6.45, 7) is 4.21. The number of hydrogen-bond acceptors (Lipinski definition) is 6. The van der Waals surface area contributed by atoms with Gasteiger partial charge < -0.3 is 10.2 Å². The molecule has 140 valence electrons. The molecule has 1 unspecified atom stereocenters. The summed E-state index contributed by atoms with van der Waals surface area (Å²) in [4.78, 5) is 10.6. The van der Waals surface area contributed by atoms with Gasteiger partial charge in [0.05, 0.1) is 17.2 Å². The van der Waals surface area contributed by atoms with Gasteiger partial charge in [-0.05, 0) is 32.4 Å². The first-order valence-electron chi connectivity index (χ1n) is 8.32. The molecule has 1 aliphatic heterocycles. The zero-order valence-corrected chi connectivity index (χ0v) is 15.4. The Bertz CT molecular complexity index is 921. The SMILES string of the molecule is CCN(c1cc(Nc2ccc(F)cc2F)nc(C)n1)C1CCS(=O)(=O)C1. The van der Waals surface area contributed by atoms with E-state index in [1.54, 1.807) is 13.0 Å². The van der Waals surface area contributed by atoms with Gasteiger partial charge in [0.1, 0.15) is 29.1 Å². The largest absolute Gasteiger partial charge is 0.353 e. The Kier molecular flexibility index (Phi) is 5.08. The number of halogens is 2. The van der Waals surface area contributed by atoms with Gasteiger partial charge in [-0.3, -0.25) is 0 Å². The minimum absolute atomic E-state index is 0.0965. The Balaban J connectivity index is 1.89. The summed E-state index contributed by atoms with van der Waals surface area (Å²) in [6, 6.07) is 4.74. The molecule has 1 aliphatic rings. The van der Waals surface area contributed by atoms with Gasteiger partial charge in [0, 0.05) is 24.7 Å². The molecule has 1 saturated heterocycles.